The minimum absolute atomic E-state index is 0.0863. The summed E-state index contributed by atoms with van der Waals surface area (Å²) < 4.78 is 5.31. The van der Waals surface area contributed by atoms with E-state index in [1.807, 2.05) is 6.07 Å². The number of nitrogens with zero attached hydrogens (tertiary/aromatic N) is 1. The van der Waals surface area contributed by atoms with Gasteiger partial charge in [0.15, 0.2) is 0 Å². The van der Waals surface area contributed by atoms with Gasteiger partial charge in [-0.25, -0.2) is 0 Å². The van der Waals surface area contributed by atoms with E-state index in [1.54, 1.807) is 12.3 Å². The third-order valence-electron chi connectivity index (χ3n) is 2.47. The second kappa shape index (κ2) is 5.45. The zero-order valence-corrected chi connectivity index (χ0v) is 10.7. The van der Waals surface area contributed by atoms with Crippen LogP contribution in [0.2, 0.25) is 0 Å². The summed E-state index contributed by atoms with van der Waals surface area (Å²) in [6, 6.07) is 2.93. The molecule has 7 heteroatoms. The van der Waals surface area contributed by atoms with E-state index >= 15 is 0 Å². The van der Waals surface area contributed by atoms with E-state index in [9.17, 15) is 9.59 Å². The first kappa shape index (κ1) is 13.0. The number of thioether (sulfide) groups is 1. The normalized spacial score (nSPS) is 24.8. The summed E-state index contributed by atoms with van der Waals surface area (Å²) in [5.74, 6) is 0.272. The van der Waals surface area contributed by atoms with Gasteiger partial charge in [-0.3, -0.25) is 9.59 Å². The van der Waals surface area contributed by atoms with Gasteiger partial charge in [-0.05, 0) is 12.1 Å². The molecule has 2 unspecified atom stereocenters. The summed E-state index contributed by atoms with van der Waals surface area (Å²) in [4.78, 5) is 27.8. The average Bonchev–Trinajstić information content (AvgIpc) is 2.80. The molecule has 0 radical (unpaired) electrons. The first-order chi connectivity index (χ1) is 8.58. The van der Waals surface area contributed by atoms with Crippen molar-refractivity contribution in [3.8, 4) is 0 Å². The molecule has 2 atom stereocenters. The first-order valence-electron chi connectivity index (χ1n) is 5.48. The van der Waals surface area contributed by atoms with Crippen molar-refractivity contribution in [3.63, 3.8) is 0 Å². The molecule has 1 aliphatic heterocycles. The largest absolute Gasteiger partial charge is 0.468 e. The lowest BCUT2D eigenvalue weighted by Gasteiger charge is -2.21. The van der Waals surface area contributed by atoms with Crippen LogP contribution >= 0.6 is 11.8 Å². The molecule has 0 bridgehead atoms. The van der Waals surface area contributed by atoms with E-state index in [0.717, 1.165) is 10.8 Å². The van der Waals surface area contributed by atoms with Gasteiger partial charge in [0.1, 0.15) is 5.76 Å². The molecule has 1 aromatic rings. The van der Waals surface area contributed by atoms with Crippen LogP contribution in [-0.4, -0.2) is 35.3 Å². The first-order valence-corrected chi connectivity index (χ1v) is 6.53. The molecular formula is C11H14N2O4S. The molecule has 1 fully saturated rings. The van der Waals surface area contributed by atoms with Crippen molar-refractivity contribution in [2.45, 2.75) is 18.2 Å². The fourth-order valence-corrected chi connectivity index (χ4v) is 2.77. The molecule has 18 heavy (non-hydrogen) atoms. The molecule has 6 nitrogen and oxygen atoms in total. The van der Waals surface area contributed by atoms with Crippen LogP contribution < -0.4 is 5.73 Å². The fraction of sp³-hybridized carbons (Fsp3) is 0.455. The summed E-state index contributed by atoms with van der Waals surface area (Å²) in [7, 11) is 0. The molecule has 0 aromatic carbocycles. The molecular weight excluding hydrogens is 256 g/mol. The van der Waals surface area contributed by atoms with Crippen LogP contribution in [0.1, 0.15) is 17.9 Å². The van der Waals surface area contributed by atoms with E-state index in [1.165, 1.54) is 18.7 Å². The molecule has 1 amide bonds. The van der Waals surface area contributed by atoms with Crippen molar-refractivity contribution in [3.05, 3.63) is 24.2 Å². The topological polar surface area (TPSA) is 85.8 Å². The maximum absolute atomic E-state index is 11.9. The Labute approximate surface area is 108 Å². The van der Waals surface area contributed by atoms with Gasteiger partial charge in [-0.15, -0.1) is 11.8 Å². The number of hydrogen-bond donors (Lipinski definition) is 1. The van der Waals surface area contributed by atoms with E-state index < -0.39 is 12.0 Å². The summed E-state index contributed by atoms with van der Waals surface area (Å²) in [6.45, 7) is 1.49. The second-order valence-electron chi connectivity index (χ2n) is 3.93. The maximum Gasteiger partial charge on any atom is 0.329 e. The van der Waals surface area contributed by atoms with E-state index in [0.29, 0.717) is 5.75 Å². The minimum atomic E-state index is -0.672. The third-order valence-corrected chi connectivity index (χ3v) is 3.81. The lowest BCUT2D eigenvalue weighted by molar-refractivity contribution is -0.196. The Morgan fingerprint density at radius 1 is 1.67 bits per heavy atom. The summed E-state index contributed by atoms with van der Waals surface area (Å²) >= 11 is 1.51. The molecule has 0 aliphatic carbocycles. The number of nitrogens with two attached hydrogens (primary N) is 1. The Morgan fingerprint density at radius 2 is 2.44 bits per heavy atom. The number of amides is 1. The minimum Gasteiger partial charge on any atom is -0.468 e. The van der Waals surface area contributed by atoms with Gasteiger partial charge in [0.25, 0.3) is 5.91 Å². The highest BCUT2D eigenvalue weighted by atomic mass is 32.2. The summed E-state index contributed by atoms with van der Waals surface area (Å²) in [6.07, 6.45) is 1.57. The Bertz CT molecular complexity index is 434. The second-order valence-corrected chi connectivity index (χ2v) is 5.16. The standard InChI is InChI=1S/C11H14N2O4S/c1-7(14)17-13-5-10(9-3-2-4-16-9)18-6-8(12)11(13)15/h2-4,8,10H,5-6,12H2,1H3. The summed E-state index contributed by atoms with van der Waals surface area (Å²) in [5, 5.41) is 0.942. The Morgan fingerprint density at radius 3 is 3.06 bits per heavy atom. The van der Waals surface area contributed by atoms with Crippen LogP contribution in [-0.2, 0) is 14.4 Å². The Hall–Kier alpha value is -1.47. The van der Waals surface area contributed by atoms with Crippen molar-refractivity contribution in [2.75, 3.05) is 12.3 Å². The van der Waals surface area contributed by atoms with E-state index in [2.05, 4.69) is 0 Å². The molecule has 0 spiro atoms. The van der Waals surface area contributed by atoms with Crippen molar-refractivity contribution < 1.29 is 18.8 Å². The predicted molar refractivity (Wildman–Crippen MR) is 65.4 cm³/mol. The summed E-state index contributed by atoms with van der Waals surface area (Å²) in [5.41, 5.74) is 5.73. The number of furan rings is 1. The van der Waals surface area contributed by atoms with Gasteiger partial charge in [0.05, 0.1) is 24.1 Å². The lowest BCUT2D eigenvalue weighted by Crippen LogP contribution is -2.44. The number of carbonyl (C=O) groups is 2. The van der Waals surface area contributed by atoms with E-state index in [-0.39, 0.29) is 17.7 Å². The molecule has 1 aromatic heterocycles. The Kier molecular flexibility index (Phi) is 3.93. The van der Waals surface area contributed by atoms with Crippen molar-refractivity contribution >= 4 is 23.6 Å². The van der Waals surface area contributed by atoms with Crippen LogP contribution in [0.4, 0.5) is 0 Å². The molecule has 0 saturated carbocycles. The van der Waals surface area contributed by atoms with E-state index in [4.69, 9.17) is 15.0 Å². The van der Waals surface area contributed by atoms with Gasteiger partial charge >= 0.3 is 5.97 Å². The van der Waals surface area contributed by atoms with Crippen LogP contribution in [0, 0.1) is 0 Å². The SMILES string of the molecule is CC(=O)ON1CC(c2ccco2)SCC(N)C1=O. The third kappa shape index (κ3) is 2.85. The fourth-order valence-electron chi connectivity index (χ4n) is 1.65. The molecule has 1 saturated heterocycles. The smallest absolute Gasteiger partial charge is 0.329 e. The lowest BCUT2D eigenvalue weighted by atomic mass is 10.3. The molecule has 98 valence electrons. The van der Waals surface area contributed by atoms with Gasteiger partial charge in [0.2, 0.25) is 0 Å². The van der Waals surface area contributed by atoms with Crippen molar-refractivity contribution in [2.24, 2.45) is 5.73 Å². The molecule has 2 heterocycles. The highest BCUT2D eigenvalue weighted by molar-refractivity contribution is 7.99. The number of rotatable bonds is 2. The van der Waals surface area contributed by atoms with Gasteiger partial charge < -0.3 is 15.0 Å². The van der Waals surface area contributed by atoms with Crippen LogP contribution in [0.25, 0.3) is 0 Å². The monoisotopic (exact) mass is 270 g/mol. The highest BCUT2D eigenvalue weighted by Crippen LogP contribution is 2.33. The average molecular weight is 270 g/mol. The van der Waals surface area contributed by atoms with Crippen LogP contribution in [0.5, 0.6) is 0 Å². The number of hydroxylamine groups is 2. The number of hydrogen-bond acceptors (Lipinski definition) is 6. The molecule has 2 N–H and O–H groups in total. The van der Waals surface area contributed by atoms with Crippen molar-refractivity contribution in [1.29, 1.82) is 0 Å². The van der Waals surface area contributed by atoms with Crippen LogP contribution in [0.3, 0.4) is 0 Å². The zero-order chi connectivity index (χ0) is 13.1. The van der Waals surface area contributed by atoms with Crippen LogP contribution in [0.15, 0.2) is 22.8 Å². The maximum atomic E-state index is 11.9. The number of carbonyl (C=O) groups excluding carboxylic acids is 2. The van der Waals surface area contributed by atoms with Crippen molar-refractivity contribution in [1.82, 2.24) is 5.06 Å². The van der Waals surface area contributed by atoms with Gasteiger partial charge in [0, 0.05) is 12.7 Å². The highest BCUT2D eigenvalue weighted by Gasteiger charge is 2.33. The zero-order valence-electron chi connectivity index (χ0n) is 9.87. The predicted octanol–water partition coefficient (Wildman–Crippen LogP) is 0.702. The molecule has 1 aliphatic rings. The van der Waals surface area contributed by atoms with Gasteiger partial charge in [-0.2, -0.15) is 5.06 Å². The molecule has 2 rings (SSSR count). The quantitative estimate of drug-likeness (QED) is 0.851. The van der Waals surface area contributed by atoms with Gasteiger partial charge in [-0.1, -0.05) is 0 Å². The Balaban J connectivity index is 2.16.